The lowest BCUT2D eigenvalue weighted by Gasteiger charge is -2.36. The molecule has 0 aliphatic carbocycles. The summed E-state index contributed by atoms with van der Waals surface area (Å²) in [6, 6.07) is 0. The highest BCUT2D eigenvalue weighted by molar-refractivity contribution is 5.82. The summed E-state index contributed by atoms with van der Waals surface area (Å²) in [5.74, 6) is -2.92. The van der Waals surface area contributed by atoms with Crippen molar-refractivity contribution in [2.75, 3.05) is 13.1 Å². The van der Waals surface area contributed by atoms with Crippen LogP contribution in [0.2, 0.25) is 0 Å². The maximum absolute atomic E-state index is 12.1. The second kappa shape index (κ2) is 3.95. The topological polar surface area (TPSA) is 57.6 Å². The number of likely N-dealkylation sites (tertiary alicyclic amines) is 1. The molecule has 1 fully saturated rings. The number of carbonyl (C=O) groups excluding carboxylic acids is 1. The van der Waals surface area contributed by atoms with E-state index in [9.17, 15) is 22.8 Å². The van der Waals surface area contributed by atoms with Crippen LogP contribution in [-0.2, 0) is 9.59 Å². The fraction of sp³-hybridized carbons (Fsp3) is 0.778. The molecular formula is C9H12F3NO3. The molecule has 7 heteroatoms. The van der Waals surface area contributed by atoms with Crippen LogP contribution in [-0.4, -0.2) is 41.1 Å². The molecule has 1 rings (SSSR count). The van der Waals surface area contributed by atoms with E-state index in [1.54, 1.807) is 0 Å². The van der Waals surface area contributed by atoms with Crippen molar-refractivity contribution in [3.8, 4) is 0 Å². The van der Waals surface area contributed by atoms with Crippen molar-refractivity contribution in [2.24, 2.45) is 5.41 Å². The molecule has 1 aliphatic heterocycles. The number of nitrogens with zero attached hydrogens (tertiary/aromatic N) is 1. The van der Waals surface area contributed by atoms with Crippen LogP contribution >= 0.6 is 0 Å². The SMILES string of the molecule is CC1(C(=O)O)CCN(C(=O)C(F)(F)F)CC1. The molecule has 1 aliphatic rings. The number of halogens is 3. The average molecular weight is 239 g/mol. The van der Waals surface area contributed by atoms with Gasteiger partial charge in [0.15, 0.2) is 0 Å². The smallest absolute Gasteiger partial charge is 0.471 e. The van der Waals surface area contributed by atoms with Gasteiger partial charge in [-0.1, -0.05) is 0 Å². The van der Waals surface area contributed by atoms with Gasteiger partial charge in [-0.25, -0.2) is 0 Å². The van der Waals surface area contributed by atoms with Gasteiger partial charge in [-0.3, -0.25) is 9.59 Å². The van der Waals surface area contributed by atoms with E-state index >= 15 is 0 Å². The van der Waals surface area contributed by atoms with Crippen LogP contribution in [0.15, 0.2) is 0 Å². The zero-order valence-corrected chi connectivity index (χ0v) is 8.67. The fourth-order valence-electron chi connectivity index (χ4n) is 1.60. The van der Waals surface area contributed by atoms with E-state index in [1.807, 2.05) is 0 Å². The van der Waals surface area contributed by atoms with E-state index in [0.29, 0.717) is 4.90 Å². The number of alkyl halides is 3. The van der Waals surface area contributed by atoms with E-state index in [1.165, 1.54) is 6.92 Å². The van der Waals surface area contributed by atoms with Gasteiger partial charge in [-0.2, -0.15) is 13.2 Å². The Labute approximate surface area is 90.0 Å². The highest BCUT2D eigenvalue weighted by atomic mass is 19.4. The van der Waals surface area contributed by atoms with Crippen molar-refractivity contribution in [1.29, 1.82) is 0 Å². The average Bonchev–Trinajstić information content (AvgIpc) is 2.16. The molecular weight excluding hydrogens is 227 g/mol. The van der Waals surface area contributed by atoms with E-state index in [-0.39, 0.29) is 25.9 Å². The van der Waals surface area contributed by atoms with E-state index < -0.39 is 23.5 Å². The number of hydrogen-bond acceptors (Lipinski definition) is 2. The summed E-state index contributed by atoms with van der Waals surface area (Å²) in [5.41, 5.74) is -1.03. The molecule has 1 N–H and O–H groups in total. The van der Waals surface area contributed by atoms with Gasteiger partial charge in [0.1, 0.15) is 0 Å². The number of carbonyl (C=O) groups is 2. The van der Waals surface area contributed by atoms with Crippen LogP contribution in [0.1, 0.15) is 19.8 Å². The Bertz CT molecular complexity index is 306. The first-order valence-corrected chi connectivity index (χ1v) is 4.76. The maximum atomic E-state index is 12.1. The molecule has 0 saturated carbocycles. The third-order valence-corrected chi connectivity index (χ3v) is 2.91. The summed E-state index contributed by atoms with van der Waals surface area (Å²) < 4.78 is 36.2. The first-order valence-electron chi connectivity index (χ1n) is 4.76. The Kier molecular flexibility index (Phi) is 3.16. The van der Waals surface area contributed by atoms with Crippen molar-refractivity contribution in [3.05, 3.63) is 0 Å². The first-order chi connectivity index (χ1) is 7.17. The second-order valence-electron chi connectivity index (χ2n) is 4.16. The largest absolute Gasteiger partial charge is 0.481 e. The normalized spacial score (nSPS) is 20.6. The van der Waals surface area contributed by atoms with Crippen LogP contribution < -0.4 is 0 Å². The minimum Gasteiger partial charge on any atom is -0.481 e. The Morgan fingerprint density at radius 2 is 1.69 bits per heavy atom. The second-order valence-corrected chi connectivity index (χ2v) is 4.16. The highest BCUT2D eigenvalue weighted by Crippen LogP contribution is 2.32. The van der Waals surface area contributed by atoms with Gasteiger partial charge in [-0.15, -0.1) is 0 Å². The molecule has 1 amide bonds. The van der Waals surface area contributed by atoms with Gasteiger partial charge >= 0.3 is 18.1 Å². The van der Waals surface area contributed by atoms with Crippen molar-refractivity contribution >= 4 is 11.9 Å². The Hall–Kier alpha value is -1.27. The van der Waals surface area contributed by atoms with Gasteiger partial charge in [0.2, 0.25) is 0 Å². The summed E-state index contributed by atoms with van der Waals surface area (Å²) in [5, 5.41) is 8.86. The van der Waals surface area contributed by atoms with Gasteiger partial charge in [-0.05, 0) is 19.8 Å². The fourth-order valence-corrected chi connectivity index (χ4v) is 1.60. The van der Waals surface area contributed by atoms with E-state index in [0.717, 1.165) is 0 Å². The maximum Gasteiger partial charge on any atom is 0.471 e. The quantitative estimate of drug-likeness (QED) is 0.749. The molecule has 0 bridgehead atoms. The number of aliphatic carboxylic acids is 1. The highest BCUT2D eigenvalue weighted by Gasteiger charge is 2.46. The van der Waals surface area contributed by atoms with E-state index in [4.69, 9.17) is 5.11 Å². The summed E-state index contributed by atoms with van der Waals surface area (Å²) >= 11 is 0. The molecule has 0 unspecified atom stereocenters. The molecule has 4 nitrogen and oxygen atoms in total. The molecule has 1 saturated heterocycles. The van der Waals surface area contributed by atoms with Gasteiger partial charge in [0, 0.05) is 13.1 Å². The Morgan fingerprint density at radius 1 is 1.25 bits per heavy atom. The predicted molar refractivity (Wildman–Crippen MR) is 47.6 cm³/mol. The Morgan fingerprint density at radius 3 is 2.00 bits per heavy atom. The lowest BCUT2D eigenvalue weighted by Crippen LogP contribution is -2.49. The molecule has 0 aromatic heterocycles. The standard InChI is InChI=1S/C9H12F3NO3/c1-8(7(15)16)2-4-13(5-3-8)6(14)9(10,11)12/h2-5H2,1H3,(H,15,16). The number of amides is 1. The number of carboxylic acids is 1. The molecule has 0 atom stereocenters. The van der Waals surface area contributed by atoms with Crippen LogP contribution in [0.4, 0.5) is 13.2 Å². The molecule has 0 aromatic rings. The number of piperidine rings is 1. The van der Waals surface area contributed by atoms with Crippen molar-refractivity contribution in [1.82, 2.24) is 4.90 Å². The van der Waals surface area contributed by atoms with Crippen LogP contribution in [0.3, 0.4) is 0 Å². The first kappa shape index (κ1) is 12.8. The van der Waals surface area contributed by atoms with Gasteiger partial charge in [0.25, 0.3) is 0 Å². The van der Waals surface area contributed by atoms with Gasteiger partial charge in [0.05, 0.1) is 5.41 Å². The third kappa shape index (κ3) is 2.45. The van der Waals surface area contributed by atoms with Crippen molar-refractivity contribution < 1.29 is 27.9 Å². The monoisotopic (exact) mass is 239 g/mol. The lowest BCUT2D eigenvalue weighted by atomic mass is 9.80. The van der Waals surface area contributed by atoms with E-state index in [2.05, 4.69) is 0 Å². The molecule has 1 heterocycles. The molecule has 92 valence electrons. The summed E-state index contributed by atoms with van der Waals surface area (Å²) in [6.45, 7) is 1.15. The zero-order chi connectivity index (χ0) is 12.6. The van der Waals surface area contributed by atoms with Crippen molar-refractivity contribution in [3.63, 3.8) is 0 Å². The zero-order valence-electron chi connectivity index (χ0n) is 8.67. The minimum absolute atomic E-state index is 0.0458. The third-order valence-electron chi connectivity index (χ3n) is 2.91. The number of hydrogen-bond donors (Lipinski definition) is 1. The van der Waals surface area contributed by atoms with Crippen LogP contribution in [0, 0.1) is 5.41 Å². The minimum atomic E-state index is -4.88. The summed E-state index contributed by atoms with van der Waals surface area (Å²) in [7, 11) is 0. The van der Waals surface area contributed by atoms with Crippen molar-refractivity contribution in [2.45, 2.75) is 25.9 Å². The lowest BCUT2D eigenvalue weighted by molar-refractivity contribution is -0.188. The van der Waals surface area contributed by atoms with Crippen LogP contribution in [0.25, 0.3) is 0 Å². The number of rotatable bonds is 1. The molecule has 0 aromatic carbocycles. The summed E-state index contributed by atoms with van der Waals surface area (Å²) in [6.07, 6.45) is -4.79. The predicted octanol–water partition coefficient (Wildman–Crippen LogP) is 1.26. The molecule has 16 heavy (non-hydrogen) atoms. The number of carboxylic acid groups (broad SMARTS) is 1. The molecule has 0 spiro atoms. The molecule has 0 radical (unpaired) electrons. The van der Waals surface area contributed by atoms with Crippen LogP contribution in [0.5, 0.6) is 0 Å². The Balaban J connectivity index is 2.63. The van der Waals surface area contributed by atoms with Gasteiger partial charge < -0.3 is 10.0 Å². The summed E-state index contributed by atoms with van der Waals surface area (Å²) in [4.78, 5) is 22.3.